The number of unbranched alkanes of at least 4 members (excludes halogenated alkanes) is 1. The van der Waals surface area contributed by atoms with Gasteiger partial charge in [-0.2, -0.15) is 0 Å². The Morgan fingerprint density at radius 1 is 1.03 bits per heavy atom. The first kappa shape index (κ1) is 28.8. The number of para-hydroxylation sites is 2. The van der Waals surface area contributed by atoms with E-state index in [2.05, 4.69) is 32.0 Å². The van der Waals surface area contributed by atoms with Crippen LogP contribution in [-0.2, 0) is 16.9 Å². The largest absolute Gasteiger partial charge is 0.456 e. The van der Waals surface area contributed by atoms with Crippen molar-refractivity contribution in [3.63, 3.8) is 0 Å². The lowest BCUT2D eigenvalue weighted by Gasteiger charge is -2.45. The van der Waals surface area contributed by atoms with Crippen LogP contribution in [0.3, 0.4) is 0 Å². The van der Waals surface area contributed by atoms with Crippen LogP contribution in [0.1, 0.15) is 64.7 Å². The van der Waals surface area contributed by atoms with Crippen LogP contribution in [-0.4, -0.2) is 42.7 Å². The number of carbonyl (C=O) groups excluding carboxylic acids is 1. The lowest BCUT2D eigenvalue weighted by atomic mass is 9.73. The van der Waals surface area contributed by atoms with E-state index in [1.807, 2.05) is 53.4 Å². The fourth-order valence-electron chi connectivity index (χ4n) is 5.92. The number of nitrogens with zero attached hydrogens (tertiary/aromatic N) is 1. The van der Waals surface area contributed by atoms with Crippen molar-refractivity contribution in [1.29, 1.82) is 0 Å². The summed E-state index contributed by atoms with van der Waals surface area (Å²) in [5.41, 5.74) is 9.88. The number of rotatable bonds is 11. The van der Waals surface area contributed by atoms with Gasteiger partial charge in [0.2, 0.25) is 0 Å². The molecule has 0 saturated carbocycles. The Bertz CT molecular complexity index is 1220. The summed E-state index contributed by atoms with van der Waals surface area (Å²) in [7, 11) is 1.76. The Kier molecular flexibility index (Phi) is 9.78. The van der Waals surface area contributed by atoms with Crippen molar-refractivity contribution in [2.75, 3.05) is 26.8 Å². The van der Waals surface area contributed by atoms with Crippen LogP contribution in [0, 0.1) is 19.8 Å². The molecule has 0 bridgehead atoms. The molecule has 1 fully saturated rings. The number of ether oxygens (including phenoxy) is 2. The Morgan fingerprint density at radius 3 is 2.41 bits per heavy atom. The third kappa shape index (κ3) is 6.35. The van der Waals surface area contributed by atoms with E-state index in [0.717, 1.165) is 59.4 Å². The van der Waals surface area contributed by atoms with Gasteiger partial charge < -0.3 is 25.2 Å². The topological polar surface area (TPSA) is 85.0 Å². The van der Waals surface area contributed by atoms with Crippen LogP contribution in [0.5, 0.6) is 11.5 Å². The number of nitrogens with two attached hydrogens (primary N) is 1. The van der Waals surface area contributed by atoms with Crippen LogP contribution in [0.25, 0.3) is 0 Å². The van der Waals surface area contributed by atoms with Crippen LogP contribution >= 0.6 is 0 Å². The second-order valence-electron chi connectivity index (χ2n) is 10.6. The van der Waals surface area contributed by atoms with Gasteiger partial charge in [0.15, 0.2) is 0 Å². The number of aliphatic hydroxyl groups is 1. The summed E-state index contributed by atoms with van der Waals surface area (Å²) >= 11 is 0. The van der Waals surface area contributed by atoms with Crippen molar-refractivity contribution in [3.05, 3.63) is 94.5 Å². The summed E-state index contributed by atoms with van der Waals surface area (Å²) in [5, 5.41) is 9.58. The van der Waals surface area contributed by atoms with Gasteiger partial charge in [0.1, 0.15) is 17.1 Å². The summed E-state index contributed by atoms with van der Waals surface area (Å²) in [5.74, 6) is 1.71. The number of aliphatic hydroxyl groups excluding tert-OH is 1. The molecule has 1 aliphatic heterocycles. The Hall–Kier alpha value is -3.19. The number of methoxy groups -OCH3 is 1. The van der Waals surface area contributed by atoms with Crippen LogP contribution in [0.15, 0.2) is 66.7 Å². The van der Waals surface area contributed by atoms with Crippen LogP contribution in [0.2, 0.25) is 0 Å². The SMILES string of the molecule is COC(CCCCO)(c1ccccc1Oc1c(C)cccc1C)C1CCCN(C(=O)c2ccc(CN)cc2)C1. The second-order valence-corrected chi connectivity index (χ2v) is 10.6. The summed E-state index contributed by atoms with van der Waals surface area (Å²) in [6.45, 7) is 6.00. The zero-order valence-electron chi connectivity index (χ0n) is 23.5. The zero-order valence-corrected chi connectivity index (χ0v) is 23.5. The molecule has 1 amide bonds. The quantitative estimate of drug-likeness (QED) is 0.292. The highest BCUT2D eigenvalue weighted by molar-refractivity contribution is 5.94. The maximum absolute atomic E-state index is 13.5. The van der Waals surface area contributed by atoms with Crippen LogP contribution in [0.4, 0.5) is 0 Å². The van der Waals surface area contributed by atoms with Gasteiger partial charge in [0.25, 0.3) is 5.91 Å². The molecule has 1 aliphatic rings. The predicted molar refractivity (Wildman–Crippen MR) is 155 cm³/mol. The van der Waals surface area contributed by atoms with E-state index in [0.29, 0.717) is 31.6 Å². The molecule has 1 saturated heterocycles. The number of likely N-dealkylation sites (tertiary alicyclic amines) is 1. The van der Waals surface area contributed by atoms with Gasteiger partial charge in [-0.05, 0) is 80.8 Å². The third-order valence-electron chi connectivity index (χ3n) is 8.09. The molecule has 3 aromatic rings. The highest BCUT2D eigenvalue weighted by Crippen LogP contribution is 2.47. The van der Waals surface area contributed by atoms with Gasteiger partial charge in [-0.3, -0.25) is 4.79 Å². The number of aryl methyl sites for hydroxylation is 2. The first-order valence-electron chi connectivity index (χ1n) is 14.0. The molecule has 6 heteroatoms. The third-order valence-corrected chi connectivity index (χ3v) is 8.09. The Morgan fingerprint density at radius 2 is 1.74 bits per heavy atom. The molecule has 39 heavy (non-hydrogen) atoms. The molecule has 3 aromatic carbocycles. The molecule has 4 rings (SSSR count). The number of piperidine rings is 1. The van der Waals surface area contributed by atoms with E-state index in [1.165, 1.54) is 0 Å². The van der Waals surface area contributed by atoms with Gasteiger partial charge in [-0.15, -0.1) is 0 Å². The number of benzene rings is 3. The average Bonchev–Trinajstić information content (AvgIpc) is 2.97. The van der Waals surface area contributed by atoms with Crippen molar-refractivity contribution in [2.45, 2.75) is 58.1 Å². The van der Waals surface area contributed by atoms with Gasteiger partial charge in [-0.1, -0.05) is 48.5 Å². The lowest BCUT2D eigenvalue weighted by molar-refractivity contribution is -0.0911. The molecule has 1 heterocycles. The van der Waals surface area contributed by atoms with Crippen molar-refractivity contribution in [2.24, 2.45) is 11.7 Å². The molecule has 0 radical (unpaired) electrons. The molecule has 3 N–H and O–H groups in total. The maximum atomic E-state index is 13.5. The van der Waals surface area contributed by atoms with E-state index >= 15 is 0 Å². The van der Waals surface area contributed by atoms with Crippen molar-refractivity contribution in [3.8, 4) is 11.5 Å². The normalized spacial score (nSPS) is 17.1. The van der Waals surface area contributed by atoms with Crippen molar-refractivity contribution in [1.82, 2.24) is 4.90 Å². The first-order valence-corrected chi connectivity index (χ1v) is 14.0. The molecule has 0 spiro atoms. The van der Waals surface area contributed by atoms with Gasteiger partial charge in [0.05, 0.1) is 0 Å². The molecule has 6 nitrogen and oxygen atoms in total. The van der Waals surface area contributed by atoms with E-state index in [-0.39, 0.29) is 18.4 Å². The van der Waals surface area contributed by atoms with Gasteiger partial charge in [0, 0.05) is 50.4 Å². The smallest absolute Gasteiger partial charge is 0.253 e. The molecule has 0 aliphatic carbocycles. The average molecular weight is 531 g/mol. The number of hydrogen-bond acceptors (Lipinski definition) is 5. The number of carbonyl (C=O) groups is 1. The minimum absolute atomic E-state index is 0.0312. The highest BCUT2D eigenvalue weighted by atomic mass is 16.5. The molecule has 2 unspecified atom stereocenters. The zero-order chi connectivity index (χ0) is 27.8. The molecule has 0 aromatic heterocycles. The van der Waals surface area contributed by atoms with E-state index in [4.69, 9.17) is 15.2 Å². The fraction of sp³-hybridized carbons (Fsp3) is 0.424. The number of amides is 1. The Labute approximate surface area is 232 Å². The lowest BCUT2D eigenvalue weighted by Crippen LogP contribution is -2.49. The fourth-order valence-corrected chi connectivity index (χ4v) is 5.92. The molecule has 208 valence electrons. The van der Waals surface area contributed by atoms with E-state index in [9.17, 15) is 9.90 Å². The standard InChI is InChI=1S/C33H42N2O4/c1-24-10-8-11-25(2)31(24)39-30-14-5-4-13-29(30)33(38-3,19-6-7-21-36)28-12-9-20-35(23-28)32(37)27-17-15-26(22-34)16-18-27/h4-5,8,10-11,13-18,28,36H,6-7,9,12,19-23,34H2,1-3H3. The van der Waals surface area contributed by atoms with E-state index < -0.39 is 5.60 Å². The summed E-state index contributed by atoms with van der Waals surface area (Å²) in [6, 6.07) is 21.8. The molecular formula is C33H42N2O4. The Balaban J connectivity index is 1.70. The van der Waals surface area contributed by atoms with Crippen LogP contribution < -0.4 is 10.5 Å². The number of hydrogen-bond donors (Lipinski definition) is 2. The highest BCUT2D eigenvalue weighted by Gasteiger charge is 2.45. The predicted octanol–water partition coefficient (Wildman–Crippen LogP) is 6.11. The monoisotopic (exact) mass is 530 g/mol. The summed E-state index contributed by atoms with van der Waals surface area (Å²) < 4.78 is 13.1. The van der Waals surface area contributed by atoms with Crippen molar-refractivity contribution >= 4 is 5.91 Å². The minimum atomic E-state index is -0.676. The summed E-state index contributed by atoms with van der Waals surface area (Å²) in [6.07, 6.45) is 4.03. The summed E-state index contributed by atoms with van der Waals surface area (Å²) in [4.78, 5) is 15.5. The maximum Gasteiger partial charge on any atom is 0.253 e. The van der Waals surface area contributed by atoms with Gasteiger partial charge in [-0.25, -0.2) is 0 Å². The minimum Gasteiger partial charge on any atom is -0.456 e. The second kappa shape index (κ2) is 13.2. The van der Waals surface area contributed by atoms with Crippen molar-refractivity contribution < 1.29 is 19.4 Å². The van der Waals surface area contributed by atoms with Gasteiger partial charge >= 0.3 is 0 Å². The first-order chi connectivity index (χ1) is 18.9. The molecule has 2 atom stereocenters. The van der Waals surface area contributed by atoms with E-state index in [1.54, 1.807) is 7.11 Å². The molecular weight excluding hydrogens is 488 g/mol.